The van der Waals surface area contributed by atoms with Crippen molar-refractivity contribution in [3.8, 4) is 0 Å². The van der Waals surface area contributed by atoms with Crippen LogP contribution in [-0.4, -0.2) is 21.8 Å². The summed E-state index contributed by atoms with van der Waals surface area (Å²) in [5.41, 5.74) is 3.33. The maximum absolute atomic E-state index is 13.8. The Labute approximate surface area is 207 Å². The molecule has 1 atom stereocenters. The van der Waals surface area contributed by atoms with Gasteiger partial charge in [-0.15, -0.1) is 0 Å². The average molecular weight is 537 g/mol. The summed E-state index contributed by atoms with van der Waals surface area (Å²) in [5.74, 6) is -2.23. The zero-order chi connectivity index (χ0) is 24.1. The highest BCUT2D eigenvalue weighted by Crippen LogP contribution is 2.44. The van der Waals surface area contributed by atoms with Crippen LogP contribution in [0.15, 0.2) is 70.7 Å². The number of aliphatic hydroxyl groups is 1. The molecule has 1 unspecified atom stereocenters. The monoisotopic (exact) mass is 536 g/mol. The second-order valence-electron chi connectivity index (χ2n) is 8.15. The summed E-state index contributed by atoms with van der Waals surface area (Å²) < 4.78 is 15.2. The highest BCUT2D eigenvalue weighted by Gasteiger charge is 2.48. The fourth-order valence-corrected chi connectivity index (χ4v) is 5.40. The molecule has 34 heavy (non-hydrogen) atoms. The van der Waals surface area contributed by atoms with Crippen LogP contribution in [0.2, 0.25) is 0 Å². The van der Waals surface area contributed by atoms with Gasteiger partial charge in [0.25, 0.3) is 5.78 Å². The summed E-state index contributed by atoms with van der Waals surface area (Å²) in [7, 11) is 0. The van der Waals surface area contributed by atoms with E-state index in [1.54, 1.807) is 30.3 Å². The first-order valence-electron chi connectivity index (χ1n) is 10.4. The van der Waals surface area contributed by atoms with Crippen molar-refractivity contribution in [2.24, 2.45) is 0 Å². The molecule has 2 heterocycles. The van der Waals surface area contributed by atoms with Crippen molar-refractivity contribution in [3.63, 3.8) is 0 Å². The molecule has 1 saturated heterocycles. The van der Waals surface area contributed by atoms with Gasteiger partial charge in [0.2, 0.25) is 0 Å². The number of Topliss-reactive ketones (excluding diaryl/α,β-unsaturated/α-hetero) is 1. The molecule has 1 aliphatic heterocycles. The SMILES string of the molecule is Cc1ccc(C)c(/C(O)=C2\C(=O)C(=O)N(c3nc4ccc(F)cc4s3)C2c2ccc(Br)cc2)c1. The first kappa shape index (κ1) is 22.4. The number of aliphatic hydroxyl groups excluding tert-OH is 1. The summed E-state index contributed by atoms with van der Waals surface area (Å²) in [6.07, 6.45) is 0. The van der Waals surface area contributed by atoms with Crippen LogP contribution in [0.4, 0.5) is 9.52 Å². The minimum Gasteiger partial charge on any atom is -0.507 e. The lowest BCUT2D eigenvalue weighted by Gasteiger charge is -2.23. The average Bonchev–Trinajstić information content (AvgIpc) is 3.33. The van der Waals surface area contributed by atoms with Crippen molar-refractivity contribution >= 4 is 60.1 Å². The van der Waals surface area contributed by atoms with Gasteiger partial charge in [-0.3, -0.25) is 14.5 Å². The van der Waals surface area contributed by atoms with E-state index in [0.717, 1.165) is 26.9 Å². The van der Waals surface area contributed by atoms with Gasteiger partial charge in [0.15, 0.2) is 5.13 Å². The molecule has 5 rings (SSSR count). The molecule has 0 saturated carbocycles. The number of hydrogen-bond donors (Lipinski definition) is 1. The van der Waals surface area contributed by atoms with Crippen molar-refractivity contribution in [3.05, 3.63) is 98.8 Å². The Balaban J connectivity index is 1.76. The first-order chi connectivity index (χ1) is 16.2. The van der Waals surface area contributed by atoms with Crippen molar-refractivity contribution in [1.29, 1.82) is 0 Å². The van der Waals surface area contributed by atoms with Crippen molar-refractivity contribution in [2.45, 2.75) is 19.9 Å². The molecule has 3 aromatic carbocycles. The molecular formula is C26H18BrFN2O3S. The fraction of sp³-hybridized carbons (Fsp3) is 0.115. The number of rotatable bonds is 3. The Morgan fingerprint density at radius 1 is 1.06 bits per heavy atom. The Morgan fingerprint density at radius 2 is 1.79 bits per heavy atom. The van der Waals surface area contributed by atoms with E-state index in [9.17, 15) is 19.1 Å². The second-order valence-corrected chi connectivity index (χ2v) is 10.1. The third kappa shape index (κ3) is 3.73. The number of anilines is 1. The maximum atomic E-state index is 13.8. The van der Waals surface area contributed by atoms with Crippen LogP contribution < -0.4 is 4.90 Å². The number of thiazole rings is 1. The third-order valence-corrected chi connectivity index (χ3v) is 7.37. The van der Waals surface area contributed by atoms with Gasteiger partial charge in [0.05, 0.1) is 21.8 Å². The van der Waals surface area contributed by atoms with E-state index >= 15 is 0 Å². The Hall–Kier alpha value is -3.36. The molecule has 1 aromatic heterocycles. The second kappa shape index (κ2) is 8.45. The van der Waals surface area contributed by atoms with Gasteiger partial charge in [0, 0.05) is 10.0 Å². The molecule has 5 nitrogen and oxygen atoms in total. The summed E-state index contributed by atoms with van der Waals surface area (Å²) in [6.45, 7) is 3.72. The van der Waals surface area contributed by atoms with Crippen LogP contribution in [0.3, 0.4) is 0 Å². The Morgan fingerprint density at radius 3 is 2.53 bits per heavy atom. The van der Waals surface area contributed by atoms with Crippen LogP contribution >= 0.6 is 27.3 Å². The number of carbonyl (C=O) groups excluding carboxylic acids is 2. The van der Waals surface area contributed by atoms with Gasteiger partial charge in [-0.25, -0.2) is 9.37 Å². The molecule has 1 fully saturated rings. The van der Waals surface area contributed by atoms with E-state index in [4.69, 9.17) is 0 Å². The van der Waals surface area contributed by atoms with Crippen molar-refractivity contribution < 1.29 is 19.1 Å². The molecule has 0 aliphatic carbocycles. The Bertz CT molecular complexity index is 1510. The van der Waals surface area contributed by atoms with E-state index in [-0.39, 0.29) is 16.5 Å². The van der Waals surface area contributed by atoms with Crippen LogP contribution in [0.5, 0.6) is 0 Å². The molecule has 1 amide bonds. The standard InChI is InChI=1S/C26H18BrFN2O3S/c1-13-3-4-14(2)18(11-13)23(31)21-22(15-5-7-16(27)8-6-15)30(25(33)24(21)32)26-29-19-10-9-17(28)12-20(19)34-26/h3-12,22,31H,1-2H3/b23-21+. The lowest BCUT2D eigenvalue weighted by atomic mass is 9.93. The summed E-state index contributed by atoms with van der Waals surface area (Å²) >= 11 is 4.53. The van der Waals surface area contributed by atoms with Crippen LogP contribution in [0.1, 0.15) is 28.3 Å². The number of benzene rings is 3. The molecule has 0 bridgehead atoms. The van der Waals surface area contributed by atoms with Crippen molar-refractivity contribution in [1.82, 2.24) is 4.98 Å². The quantitative estimate of drug-likeness (QED) is 0.186. The molecule has 8 heteroatoms. The number of carbonyl (C=O) groups is 2. The van der Waals surface area contributed by atoms with Gasteiger partial charge in [-0.05, 0) is 61.4 Å². The van der Waals surface area contributed by atoms with Gasteiger partial charge in [0.1, 0.15) is 11.6 Å². The minimum absolute atomic E-state index is 0.00791. The smallest absolute Gasteiger partial charge is 0.301 e. The largest absolute Gasteiger partial charge is 0.507 e. The molecular weight excluding hydrogens is 519 g/mol. The predicted octanol–water partition coefficient (Wildman–Crippen LogP) is 6.44. The molecule has 0 radical (unpaired) electrons. The normalized spacial score (nSPS) is 17.6. The zero-order valence-corrected chi connectivity index (χ0v) is 20.6. The van der Waals surface area contributed by atoms with E-state index in [1.807, 2.05) is 26.0 Å². The van der Waals surface area contributed by atoms with E-state index in [0.29, 0.717) is 21.3 Å². The molecule has 4 aromatic rings. The topological polar surface area (TPSA) is 70.5 Å². The lowest BCUT2D eigenvalue weighted by Crippen LogP contribution is -2.29. The highest BCUT2D eigenvalue weighted by atomic mass is 79.9. The lowest BCUT2D eigenvalue weighted by molar-refractivity contribution is -0.132. The van der Waals surface area contributed by atoms with Gasteiger partial charge >= 0.3 is 5.91 Å². The van der Waals surface area contributed by atoms with Crippen LogP contribution in [-0.2, 0) is 9.59 Å². The third-order valence-electron chi connectivity index (χ3n) is 5.82. The zero-order valence-electron chi connectivity index (χ0n) is 18.2. The number of aromatic nitrogens is 1. The minimum atomic E-state index is -0.890. The number of amides is 1. The number of nitrogens with zero attached hydrogens (tertiary/aromatic N) is 2. The Kier molecular flexibility index (Phi) is 5.58. The first-order valence-corrected chi connectivity index (χ1v) is 12.1. The number of aryl methyl sites for hydroxylation is 2. The van der Waals surface area contributed by atoms with E-state index < -0.39 is 23.5 Å². The fourth-order valence-electron chi connectivity index (χ4n) is 4.12. The van der Waals surface area contributed by atoms with Gasteiger partial charge < -0.3 is 5.11 Å². The highest BCUT2D eigenvalue weighted by molar-refractivity contribution is 9.10. The molecule has 1 aliphatic rings. The number of hydrogen-bond acceptors (Lipinski definition) is 5. The van der Waals surface area contributed by atoms with Crippen LogP contribution in [0, 0.1) is 19.7 Å². The summed E-state index contributed by atoms with van der Waals surface area (Å²) in [4.78, 5) is 32.4. The van der Waals surface area contributed by atoms with Crippen molar-refractivity contribution in [2.75, 3.05) is 4.90 Å². The van der Waals surface area contributed by atoms with Gasteiger partial charge in [-0.1, -0.05) is 57.1 Å². The maximum Gasteiger partial charge on any atom is 0.301 e. The van der Waals surface area contributed by atoms with E-state index in [1.165, 1.54) is 23.1 Å². The molecule has 0 spiro atoms. The number of fused-ring (bicyclic) bond motifs is 1. The van der Waals surface area contributed by atoms with Gasteiger partial charge in [-0.2, -0.15) is 0 Å². The number of halogens is 2. The van der Waals surface area contributed by atoms with Crippen LogP contribution in [0.25, 0.3) is 16.0 Å². The van der Waals surface area contributed by atoms with E-state index in [2.05, 4.69) is 20.9 Å². The molecule has 1 N–H and O–H groups in total. The molecule has 170 valence electrons. The number of ketones is 1. The predicted molar refractivity (Wildman–Crippen MR) is 134 cm³/mol. The summed E-state index contributed by atoms with van der Waals surface area (Å²) in [5, 5.41) is 11.6. The summed E-state index contributed by atoms with van der Waals surface area (Å²) in [6, 6.07) is 16.0.